The summed E-state index contributed by atoms with van der Waals surface area (Å²) in [4.78, 5) is 12.4. The summed E-state index contributed by atoms with van der Waals surface area (Å²) in [6.45, 7) is 5.86. The van der Waals surface area contributed by atoms with Crippen LogP contribution >= 0.6 is 15.9 Å². The fourth-order valence-electron chi connectivity index (χ4n) is 2.11. The molecule has 0 unspecified atom stereocenters. The van der Waals surface area contributed by atoms with Gasteiger partial charge >= 0.3 is 0 Å². The van der Waals surface area contributed by atoms with E-state index < -0.39 is 5.54 Å². The normalized spacial score (nSPS) is 11.2. The van der Waals surface area contributed by atoms with Crippen molar-refractivity contribution in [2.24, 2.45) is 0 Å². The standard InChI is InChI=1S/C17H19BrN2O/c1-11-10-12(4-9-15(11)19)16(21)20-17(2,3)13-5-7-14(18)8-6-13/h4-10H,19H2,1-3H3,(H,20,21). The number of hydrogen-bond acceptors (Lipinski definition) is 2. The number of amides is 1. The Bertz CT molecular complexity index is 663. The Labute approximate surface area is 133 Å². The lowest BCUT2D eigenvalue weighted by molar-refractivity contribution is 0.0912. The molecule has 4 heteroatoms. The van der Waals surface area contributed by atoms with Crippen molar-refractivity contribution in [1.29, 1.82) is 0 Å². The van der Waals surface area contributed by atoms with Gasteiger partial charge in [-0.25, -0.2) is 0 Å². The lowest BCUT2D eigenvalue weighted by Crippen LogP contribution is -2.41. The van der Waals surface area contributed by atoms with Crippen LogP contribution in [0.25, 0.3) is 0 Å². The highest BCUT2D eigenvalue weighted by molar-refractivity contribution is 9.10. The van der Waals surface area contributed by atoms with Crippen molar-refractivity contribution in [2.75, 3.05) is 5.73 Å². The van der Waals surface area contributed by atoms with Crippen LogP contribution in [0.1, 0.15) is 35.3 Å². The van der Waals surface area contributed by atoms with Gasteiger partial charge in [-0.1, -0.05) is 28.1 Å². The van der Waals surface area contributed by atoms with Crippen LogP contribution in [0, 0.1) is 6.92 Å². The molecule has 0 aromatic heterocycles. The van der Waals surface area contributed by atoms with Gasteiger partial charge in [0.15, 0.2) is 0 Å². The maximum atomic E-state index is 12.4. The minimum absolute atomic E-state index is 0.106. The van der Waals surface area contributed by atoms with Crippen LogP contribution < -0.4 is 11.1 Å². The van der Waals surface area contributed by atoms with E-state index in [1.54, 1.807) is 12.1 Å². The van der Waals surface area contributed by atoms with Crippen molar-refractivity contribution in [3.05, 3.63) is 63.6 Å². The molecule has 0 aliphatic rings. The first-order valence-electron chi connectivity index (χ1n) is 6.74. The topological polar surface area (TPSA) is 55.1 Å². The van der Waals surface area contributed by atoms with Gasteiger partial charge in [-0.3, -0.25) is 4.79 Å². The Morgan fingerprint density at radius 2 is 1.76 bits per heavy atom. The first-order chi connectivity index (χ1) is 9.79. The Balaban J connectivity index is 2.21. The molecule has 0 heterocycles. The van der Waals surface area contributed by atoms with Crippen molar-refractivity contribution in [2.45, 2.75) is 26.3 Å². The Kier molecular flexibility index (Phi) is 4.37. The molecular formula is C17H19BrN2O. The second-order valence-electron chi connectivity index (χ2n) is 5.66. The summed E-state index contributed by atoms with van der Waals surface area (Å²) in [5, 5.41) is 3.06. The number of nitrogen functional groups attached to an aromatic ring is 1. The van der Waals surface area contributed by atoms with Gasteiger partial charge in [0, 0.05) is 15.7 Å². The molecule has 2 rings (SSSR count). The molecule has 0 fully saturated rings. The number of rotatable bonds is 3. The molecule has 0 aliphatic carbocycles. The van der Waals surface area contributed by atoms with E-state index in [0.717, 1.165) is 15.6 Å². The first kappa shape index (κ1) is 15.6. The summed E-state index contributed by atoms with van der Waals surface area (Å²) in [7, 11) is 0. The third-order valence-electron chi connectivity index (χ3n) is 3.52. The van der Waals surface area contributed by atoms with Crippen LogP contribution in [0.4, 0.5) is 5.69 Å². The van der Waals surface area contributed by atoms with Gasteiger partial charge in [0.05, 0.1) is 5.54 Å². The van der Waals surface area contributed by atoms with Crippen LogP contribution in [0.5, 0.6) is 0 Å². The molecule has 2 aromatic rings. The Hall–Kier alpha value is -1.81. The van der Waals surface area contributed by atoms with E-state index in [1.807, 2.05) is 51.1 Å². The average Bonchev–Trinajstić information content (AvgIpc) is 2.41. The van der Waals surface area contributed by atoms with Gasteiger partial charge in [0.2, 0.25) is 0 Å². The number of hydrogen-bond donors (Lipinski definition) is 2. The van der Waals surface area contributed by atoms with Gasteiger partial charge in [-0.2, -0.15) is 0 Å². The highest BCUT2D eigenvalue weighted by Gasteiger charge is 2.23. The minimum atomic E-state index is -0.451. The molecule has 0 spiro atoms. The molecule has 21 heavy (non-hydrogen) atoms. The summed E-state index contributed by atoms with van der Waals surface area (Å²) in [5.74, 6) is -0.106. The summed E-state index contributed by atoms with van der Waals surface area (Å²) in [6.07, 6.45) is 0. The second-order valence-corrected chi connectivity index (χ2v) is 6.57. The van der Waals surface area contributed by atoms with Crippen molar-refractivity contribution in [3.8, 4) is 0 Å². The van der Waals surface area contributed by atoms with E-state index >= 15 is 0 Å². The van der Waals surface area contributed by atoms with Gasteiger partial charge < -0.3 is 11.1 Å². The average molecular weight is 347 g/mol. The van der Waals surface area contributed by atoms with Crippen LogP contribution in [-0.2, 0) is 5.54 Å². The van der Waals surface area contributed by atoms with E-state index in [4.69, 9.17) is 5.73 Å². The van der Waals surface area contributed by atoms with Crippen LogP contribution in [0.15, 0.2) is 46.9 Å². The fraction of sp³-hybridized carbons (Fsp3) is 0.235. The lowest BCUT2D eigenvalue weighted by Gasteiger charge is -2.27. The van der Waals surface area contributed by atoms with Crippen molar-refractivity contribution >= 4 is 27.5 Å². The molecule has 0 radical (unpaired) electrons. The smallest absolute Gasteiger partial charge is 0.251 e. The number of nitrogens with one attached hydrogen (secondary N) is 1. The first-order valence-corrected chi connectivity index (χ1v) is 7.53. The second kappa shape index (κ2) is 5.90. The van der Waals surface area contributed by atoms with Gasteiger partial charge in [0.25, 0.3) is 5.91 Å². The Morgan fingerprint density at radius 1 is 1.14 bits per heavy atom. The molecule has 0 atom stereocenters. The quantitative estimate of drug-likeness (QED) is 0.825. The van der Waals surface area contributed by atoms with E-state index in [9.17, 15) is 4.79 Å². The van der Waals surface area contributed by atoms with E-state index in [-0.39, 0.29) is 5.91 Å². The fourth-order valence-corrected chi connectivity index (χ4v) is 2.38. The molecule has 110 valence electrons. The van der Waals surface area contributed by atoms with Crippen LogP contribution in [0.3, 0.4) is 0 Å². The van der Waals surface area contributed by atoms with Crippen molar-refractivity contribution in [1.82, 2.24) is 5.32 Å². The van der Waals surface area contributed by atoms with Crippen molar-refractivity contribution in [3.63, 3.8) is 0 Å². The number of carbonyl (C=O) groups is 1. The summed E-state index contributed by atoms with van der Waals surface area (Å²) >= 11 is 3.42. The molecule has 0 saturated carbocycles. The largest absolute Gasteiger partial charge is 0.399 e. The highest BCUT2D eigenvalue weighted by atomic mass is 79.9. The maximum absolute atomic E-state index is 12.4. The molecule has 0 saturated heterocycles. The van der Waals surface area contributed by atoms with E-state index in [0.29, 0.717) is 11.3 Å². The molecule has 3 N–H and O–H groups in total. The lowest BCUT2D eigenvalue weighted by atomic mass is 9.94. The maximum Gasteiger partial charge on any atom is 0.251 e. The summed E-state index contributed by atoms with van der Waals surface area (Å²) < 4.78 is 1.02. The third-order valence-corrected chi connectivity index (χ3v) is 4.05. The number of nitrogens with two attached hydrogens (primary N) is 1. The van der Waals surface area contributed by atoms with Gasteiger partial charge in [-0.05, 0) is 62.2 Å². The molecule has 1 amide bonds. The van der Waals surface area contributed by atoms with Crippen molar-refractivity contribution < 1.29 is 4.79 Å². The number of anilines is 1. The zero-order valence-corrected chi connectivity index (χ0v) is 14.0. The highest BCUT2D eigenvalue weighted by Crippen LogP contribution is 2.23. The molecule has 2 aromatic carbocycles. The van der Waals surface area contributed by atoms with Crippen LogP contribution in [-0.4, -0.2) is 5.91 Å². The predicted octanol–water partition coefficient (Wildman–Crippen LogP) is 4.00. The number of carbonyl (C=O) groups excluding carboxylic acids is 1. The monoisotopic (exact) mass is 346 g/mol. The van der Waals surface area contributed by atoms with E-state index in [1.165, 1.54) is 0 Å². The van der Waals surface area contributed by atoms with Crippen LogP contribution in [0.2, 0.25) is 0 Å². The third kappa shape index (κ3) is 3.64. The minimum Gasteiger partial charge on any atom is -0.399 e. The molecule has 0 aliphatic heterocycles. The zero-order chi connectivity index (χ0) is 15.6. The zero-order valence-electron chi connectivity index (χ0n) is 12.4. The SMILES string of the molecule is Cc1cc(C(=O)NC(C)(C)c2ccc(Br)cc2)ccc1N. The summed E-state index contributed by atoms with van der Waals surface area (Å²) in [5.41, 5.74) is 8.60. The molecule has 0 bridgehead atoms. The molecule has 3 nitrogen and oxygen atoms in total. The number of halogens is 1. The van der Waals surface area contributed by atoms with Gasteiger partial charge in [0.1, 0.15) is 0 Å². The number of benzene rings is 2. The van der Waals surface area contributed by atoms with E-state index in [2.05, 4.69) is 21.2 Å². The summed E-state index contributed by atoms with van der Waals surface area (Å²) in [6, 6.07) is 13.2. The predicted molar refractivity (Wildman–Crippen MR) is 90.2 cm³/mol. The molecular weight excluding hydrogens is 328 g/mol. The Morgan fingerprint density at radius 3 is 2.33 bits per heavy atom. The van der Waals surface area contributed by atoms with Gasteiger partial charge in [-0.15, -0.1) is 0 Å². The number of aryl methyl sites for hydroxylation is 1.